The summed E-state index contributed by atoms with van der Waals surface area (Å²) in [5.74, 6) is 0.755. The number of nitro groups is 1. The van der Waals surface area contributed by atoms with E-state index in [1.165, 1.54) is 11.6 Å². The fraction of sp³-hybridized carbons (Fsp3) is 0.200. The van der Waals surface area contributed by atoms with Crippen molar-refractivity contribution in [1.82, 2.24) is 0 Å². The number of ether oxygens (including phenoxy) is 1. The average Bonchev–Trinajstić information content (AvgIpc) is 2.96. The van der Waals surface area contributed by atoms with Crippen LogP contribution >= 0.6 is 0 Å². The molecule has 7 heteroatoms. The SMILES string of the molecule is CN1c2ccccc2C(C)(C)C12C=Cc1cc(/N=N/c3ccccc3[N+](=O)[O-])ccc1O2. The lowest BCUT2D eigenvalue weighted by Gasteiger charge is -2.45. The zero-order chi connectivity index (χ0) is 22.5. The summed E-state index contributed by atoms with van der Waals surface area (Å²) < 4.78 is 6.64. The molecule has 0 aromatic heterocycles. The van der Waals surface area contributed by atoms with Crippen LogP contribution in [0.4, 0.5) is 22.7 Å². The molecule has 32 heavy (non-hydrogen) atoms. The molecule has 3 aromatic rings. The third-order valence-electron chi connectivity index (χ3n) is 6.43. The average molecular weight is 426 g/mol. The molecule has 0 N–H and O–H groups in total. The molecule has 0 amide bonds. The van der Waals surface area contributed by atoms with Crippen LogP contribution in [-0.2, 0) is 5.41 Å². The second-order valence-electron chi connectivity index (χ2n) is 8.50. The molecule has 3 aromatic carbocycles. The number of rotatable bonds is 3. The van der Waals surface area contributed by atoms with Crippen LogP contribution in [0.2, 0.25) is 0 Å². The van der Waals surface area contributed by atoms with E-state index in [2.05, 4.69) is 60.3 Å². The number of benzene rings is 3. The van der Waals surface area contributed by atoms with Gasteiger partial charge in [-0.1, -0.05) is 30.3 Å². The Morgan fingerprint density at radius 2 is 1.75 bits per heavy atom. The Bertz CT molecular complexity index is 1300. The molecule has 0 fully saturated rings. The van der Waals surface area contributed by atoms with E-state index in [4.69, 9.17) is 4.74 Å². The zero-order valence-corrected chi connectivity index (χ0v) is 18.0. The Morgan fingerprint density at radius 3 is 2.53 bits per heavy atom. The normalized spacial score (nSPS) is 20.3. The number of azo groups is 1. The second kappa shape index (κ2) is 7.02. The third kappa shape index (κ3) is 2.81. The maximum atomic E-state index is 11.2. The number of hydrogen-bond acceptors (Lipinski definition) is 6. The quantitative estimate of drug-likeness (QED) is 0.270. The van der Waals surface area contributed by atoms with Crippen LogP contribution in [0.25, 0.3) is 6.08 Å². The lowest BCUT2D eigenvalue weighted by molar-refractivity contribution is -0.384. The highest BCUT2D eigenvalue weighted by atomic mass is 16.6. The number of fused-ring (bicyclic) bond motifs is 2. The summed E-state index contributed by atoms with van der Waals surface area (Å²) in [5.41, 5.74) is 3.10. The van der Waals surface area contributed by atoms with E-state index in [0.717, 1.165) is 17.0 Å². The van der Waals surface area contributed by atoms with Crippen molar-refractivity contribution in [3.05, 3.63) is 94.0 Å². The summed E-state index contributed by atoms with van der Waals surface area (Å²) in [4.78, 5) is 12.9. The van der Waals surface area contributed by atoms with Gasteiger partial charge in [-0.05, 0) is 61.9 Å². The summed E-state index contributed by atoms with van der Waals surface area (Å²) in [6, 6.07) is 20.2. The highest BCUT2D eigenvalue weighted by Crippen LogP contribution is 2.54. The Kier molecular flexibility index (Phi) is 4.37. The highest BCUT2D eigenvalue weighted by molar-refractivity contribution is 5.73. The summed E-state index contributed by atoms with van der Waals surface area (Å²) in [7, 11) is 2.05. The van der Waals surface area contributed by atoms with Crippen LogP contribution in [0.3, 0.4) is 0 Å². The zero-order valence-electron chi connectivity index (χ0n) is 18.0. The Balaban J connectivity index is 1.47. The van der Waals surface area contributed by atoms with Gasteiger partial charge in [-0.25, -0.2) is 0 Å². The van der Waals surface area contributed by atoms with Gasteiger partial charge in [0.15, 0.2) is 5.69 Å². The van der Waals surface area contributed by atoms with Gasteiger partial charge in [0.2, 0.25) is 5.72 Å². The van der Waals surface area contributed by atoms with Gasteiger partial charge in [0, 0.05) is 24.4 Å². The van der Waals surface area contributed by atoms with E-state index in [1.54, 1.807) is 24.3 Å². The summed E-state index contributed by atoms with van der Waals surface area (Å²) >= 11 is 0. The number of para-hydroxylation sites is 2. The first kappa shape index (κ1) is 19.9. The molecule has 0 bridgehead atoms. The van der Waals surface area contributed by atoms with Crippen LogP contribution in [0.5, 0.6) is 5.75 Å². The molecular weight excluding hydrogens is 404 g/mol. The van der Waals surface area contributed by atoms with E-state index < -0.39 is 10.6 Å². The molecule has 2 aliphatic rings. The van der Waals surface area contributed by atoms with Crippen molar-refractivity contribution >= 4 is 28.8 Å². The lowest BCUT2D eigenvalue weighted by Crippen LogP contribution is -2.58. The van der Waals surface area contributed by atoms with Crippen LogP contribution in [0.15, 0.2) is 83.0 Å². The lowest BCUT2D eigenvalue weighted by atomic mass is 9.76. The maximum absolute atomic E-state index is 11.2. The Labute approximate surface area is 185 Å². The van der Waals surface area contributed by atoms with Crippen LogP contribution in [0.1, 0.15) is 25.0 Å². The van der Waals surface area contributed by atoms with Crippen molar-refractivity contribution in [2.75, 3.05) is 11.9 Å². The van der Waals surface area contributed by atoms with E-state index in [0.29, 0.717) is 5.69 Å². The van der Waals surface area contributed by atoms with E-state index in [9.17, 15) is 10.1 Å². The van der Waals surface area contributed by atoms with E-state index in [1.807, 2.05) is 24.3 Å². The van der Waals surface area contributed by atoms with Gasteiger partial charge in [-0.3, -0.25) is 10.1 Å². The largest absolute Gasteiger partial charge is 0.463 e. The minimum absolute atomic E-state index is 0.0783. The molecule has 1 atom stereocenters. The minimum atomic E-state index is -0.641. The molecular formula is C25H22N4O3. The van der Waals surface area contributed by atoms with Crippen molar-refractivity contribution in [3.63, 3.8) is 0 Å². The molecule has 0 saturated heterocycles. The van der Waals surface area contributed by atoms with E-state index >= 15 is 0 Å². The van der Waals surface area contributed by atoms with Crippen LogP contribution in [-0.4, -0.2) is 17.7 Å². The Hall–Kier alpha value is -4.00. The number of anilines is 1. The molecule has 0 aliphatic carbocycles. The molecule has 0 saturated carbocycles. The highest BCUT2D eigenvalue weighted by Gasteiger charge is 2.57. The van der Waals surface area contributed by atoms with Gasteiger partial charge in [-0.15, -0.1) is 5.11 Å². The van der Waals surface area contributed by atoms with Gasteiger partial charge in [0.05, 0.1) is 16.0 Å². The fourth-order valence-corrected chi connectivity index (χ4v) is 4.64. The van der Waals surface area contributed by atoms with Crippen molar-refractivity contribution in [2.24, 2.45) is 10.2 Å². The van der Waals surface area contributed by atoms with Crippen molar-refractivity contribution < 1.29 is 9.66 Å². The van der Waals surface area contributed by atoms with Gasteiger partial charge < -0.3 is 9.64 Å². The topological polar surface area (TPSA) is 80.3 Å². The number of nitrogens with zero attached hydrogens (tertiary/aromatic N) is 4. The monoisotopic (exact) mass is 426 g/mol. The molecule has 1 spiro atoms. The third-order valence-corrected chi connectivity index (χ3v) is 6.43. The van der Waals surface area contributed by atoms with Gasteiger partial charge in [0.25, 0.3) is 5.69 Å². The number of likely N-dealkylation sites (N-methyl/N-ethyl adjacent to an activating group) is 1. The first-order valence-corrected chi connectivity index (χ1v) is 10.3. The van der Waals surface area contributed by atoms with Crippen molar-refractivity contribution in [1.29, 1.82) is 0 Å². The molecule has 2 aliphatic heterocycles. The van der Waals surface area contributed by atoms with Crippen molar-refractivity contribution in [2.45, 2.75) is 25.0 Å². The maximum Gasteiger partial charge on any atom is 0.296 e. The molecule has 1 unspecified atom stereocenters. The van der Waals surface area contributed by atoms with Crippen molar-refractivity contribution in [3.8, 4) is 5.75 Å². The second-order valence-corrected chi connectivity index (χ2v) is 8.50. The first-order valence-electron chi connectivity index (χ1n) is 10.3. The summed E-state index contributed by atoms with van der Waals surface area (Å²) in [6.45, 7) is 4.39. The van der Waals surface area contributed by atoms with Gasteiger partial charge >= 0.3 is 0 Å². The fourth-order valence-electron chi connectivity index (χ4n) is 4.64. The number of hydrogen-bond donors (Lipinski definition) is 0. The minimum Gasteiger partial charge on any atom is -0.463 e. The molecule has 7 nitrogen and oxygen atoms in total. The molecule has 2 heterocycles. The molecule has 5 rings (SSSR count). The van der Waals surface area contributed by atoms with E-state index in [-0.39, 0.29) is 16.8 Å². The van der Waals surface area contributed by atoms with Gasteiger partial charge in [-0.2, -0.15) is 5.11 Å². The van der Waals surface area contributed by atoms with Crippen LogP contribution in [0, 0.1) is 10.1 Å². The van der Waals surface area contributed by atoms with Crippen LogP contribution < -0.4 is 9.64 Å². The molecule has 160 valence electrons. The Morgan fingerprint density at radius 1 is 1.00 bits per heavy atom. The summed E-state index contributed by atoms with van der Waals surface area (Å²) in [5, 5.41) is 19.5. The smallest absolute Gasteiger partial charge is 0.296 e. The first-order chi connectivity index (χ1) is 15.3. The predicted octanol–water partition coefficient (Wildman–Crippen LogP) is 6.54. The predicted molar refractivity (Wildman–Crippen MR) is 124 cm³/mol. The standard InChI is InChI=1S/C25H22N4O3/c1-24(2)19-8-4-6-10-21(19)28(3)25(24)15-14-17-16-18(12-13-23(17)32-25)26-27-20-9-5-7-11-22(20)29(30)31/h4-16H,1-3H3/b27-26+. The molecule has 0 radical (unpaired) electrons. The number of nitro benzene ring substituents is 1. The summed E-state index contributed by atoms with van der Waals surface area (Å²) in [6.07, 6.45) is 4.14. The van der Waals surface area contributed by atoms with Gasteiger partial charge in [0.1, 0.15) is 5.75 Å².